The zero-order chi connectivity index (χ0) is 14.1. The molecule has 0 radical (unpaired) electrons. The lowest BCUT2D eigenvalue weighted by Crippen LogP contribution is -2.29. The van der Waals surface area contributed by atoms with Gasteiger partial charge in [-0.1, -0.05) is 18.2 Å². The van der Waals surface area contributed by atoms with Crippen LogP contribution >= 0.6 is 0 Å². The number of nitrogens with zero attached hydrogens (tertiary/aromatic N) is 2. The van der Waals surface area contributed by atoms with Gasteiger partial charge < -0.3 is 10.2 Å². The van der Waals surface area contributed by atoms with E-state index in [1.54, 1.807) is 4.90 Å². The molecule has 0 bridgehead atoms. The smallest absolute Gasteiger partial charge is 0.272 e. The molecule has 0 saturated heterocycles. The average molecular weight is 269 g/mol. The molecule has 1 aliphatic carbocycles. The molecule has 1 fully saturated rings. The molecule has 0 unspecified atom stereocenters. The number of amides is 1. The highest BCUT2D eigenvalue weighted by Crippen LogP contribution is 2.30. The molecule has 20 heavy (non-hydrogen) atoms. The maximum atomic E-state index is 12.5. The zero-order valence-electron chi connectivity index (χ0n) is 11.9. The highest BCUT2D eigenvalue weighted by Gasteiger charge is 2.26. The minimum Gasteiger partial charge on any atom is -0.388 e. The summed E-state index contributed by atoms with van der Waals surface area (Å²) in [5.41, 5.74) is 2.30. The summed E-state index contributed by atoms with van der Waals surface area (Å²) in [6.07, 6.45) is 2.48. The standard InChI is InChI=1S/C16H19N3O/c1-17-14-9-15(16(20)19(2)10-11-7-8-11)18-13-6-4-3-5-12(13)14/h3-6,9,11H,7-8,10H2,1-2H3,(H,17,18). The third-order valence-corrected chi connectivity index (χ3v) is 3.78. The van der Waals surface area contributed by atoms with Crippen LogP contribution in [0.25, 0.3) is 10.9 Å². The van der Waals surface area contributed by atoms with Gasteiger partial charge in [-0.2, -0.15) is 0 Å². The Hall–Kier alpha value is -2.10. The number of hydrogen-bond acceptors (Lipinski definition) is 3. The van der Waals surface area contributed by atoms with Gasteiger partial charge in [0.25, 0.3) is 5.91 Å². The van der Waals surface area contributed by atoms with Crippen molar-refractivity contribution in [2.45, 2.75) is 12.8 Å². The lowest BCUT2D eigenvalue weighted by atomic mass is 10.1. The van der Waals surface area contributed by atoms with Gasteiger partial charge in [-0.05, 0) is 30.9 Å². The number of benzene rings is 1. The summed E-state index contributed by atoms with van der Waals surface area (Å²) in [6.45, 7) is 0.836. The van der Waals surface area contributed by atoms with Crippen LogP contribution in [0.2, 0.25) is 0 Å². The molecule has 1 aromatic heterocycles. The number of pyridine rings is 1. The molecule has 1 aliphatic rings. The van der Waals surface area contributed by atoms with Crippen molar-refractivity contribution in [3.05, 3.63) is 36.0 Å². The normalized spacial score (nSPS) is 14.3. The first-order chi connectivity index (χ1) is 9.69. The van der Waals surface area contributed by atoms with Gasteiger partial charge in [0, 0.05) is 31.7 Å². The van der Waals surface area contributed by atoms with E-state index in [0.29, 0.717) is 11.6 Å². The Bertz CT molecular complexity index is 649. The number of carbonyl (C=O) groups excluding carboxylic acids is 1. The first-order valence-corrected chi connectivity index (χ1v) is 7.02. The number of anilines is 1. The van der Waals surface area contributed by atoms with Gasteiger partial charge in [0.05, 0.1) is 5.52 Å². The molecule has 1 saturated carbocycles. The Morgan fingerprint density at radius 2 is 2.15 bits per heavy atom. The van der Waals surface area contributed by atoms with Crippen molar-refractivity contribution < 1.29 is 4.79 Å². The lowest BCUT2D eigenvalue weighted by Gasteiger charge is -2.17. The van der Waals surface area contributed by atoms with Crippen molar-refractivity contribution >= 4 is 22.5 Å². The van der Waals surface area contributed by atoms with Crippen molar-refractivity contribution in [3.8, 4) is 0 Å². The summed E-state index contributed by atoms with van der Waals surface area (Å²) in [6, 6.07) is 9.71. The predicted molar refractivity (Wildman–Crippen MR) is 81.0 cm³/mol. The van der Waals surface area contributed by atoms with Crippen LogP contribution in [0.1, 0.15) is 23.3 Å². The molecule has 104 valence electrons. The van der Waals surface area contributed by atoms with E-state index in [4.69, 9.17) is 0 Å². The Labute approximate surface area is 118 Å². The second-order valence-electron chi connectivity index (χ2n) is 5.45. The highest BCUT2D eigenvalue weighted by atomic mass is 16.2. The molecule has 4 heteroatoms. The lowest BCUT2D eigenvalue weighted by molar-refractivity contribution is 0.0783. The molecule has 1 N–H and O–H groups in total. The van der Waals surface area contributed by atoms with Gasteiger partial charge in [0.1, 0.15) is 5.69 Å². The summed E-state index contributed by atoms with van der Waals surface area (Å²) < 4.78 is 0. The van der Waals surface area contributed by atoms with Crippen molar-refractivity contribution in [2.24, 2.45) is 5.92 Å². The van der Waals surface area contributed by atoms with Crippen LogP contribution in [0, 0.1) is 5.92 Å². The minimum absolute atomic E-state index is 0.000784. The Balaban J connectivity index is 1.95. The molecular weight excluding hydrogens is 250 g/mol. The van der Waals surface area contributed by atoms with Crippen molar-refractivity contribution in [1.82, 2.24) is 9.88 Å². The number of carbonyl (C=O) groups is 1. The number of hydrogen-bond donors (Lipinski definition) is 1. The Morgan fingerprint density at radius 3 is 2.85 bits per heavy atom. The third kappa shape index (κ3) is 2.46. The molecule has 1 amide bonds. The molecule has 0 atom stereocenters. The molecule has 3 rings (SSSR count). The van der Waals surface area contributed by atoms with Gasteiger partial charge in [-0.15, -0.1) is 0 Å². The fraction of sp³-hybridized carbons (Fsp3) is 0.375. The average Bonchev–Trinajstić information content (AvgIpc) is 3.29. The third-order valence-electron chi connectivity index (χ3n) is 3.78. The molecule has 2 aromatic rings. The number of aromatic nitrogens is 1. The molecule has 4 nitrogen and oxygen atoms in total. The van der Waals surface area contributed by atoms with Crippen LogP contribution in [-0.2, 0) is 0 Å². The summed E-state index contributed by atoms with van der Waals surface area (Å²) >= 11 is 0. The second kappa shape index (κ2) is 5.12. The van der Waals surface area contributed by atoms with Gasteiger partial charge in [0.2, 0.25) is 0 Å². The van der Waals surface area contributed by atoms with Gasteiger partial charge in [-0.25, -0.2) is 4.98 Å². The van der Waals surface area contributed by atoms with Crippen LogP contribution in [0.4, 0.5) is 5.69 Å². The topological polar surface area (TPSA) is 45.2 Å². The number of fused-ring (bicyclic) bond motifs is 1. The SMILES string of the molecule is CNc1cc(C(=O)N(C)CC2CC2)nc2ccccc12. The zero-order valence-corrected chi connectivity index (χ0v) is 11.9. The molecular formula is C16H19N3O. The fourth-order valence-corrected chi connectivity index (χ4v) is 2.46. The molecule has 1 heterocycles. The van der Waals surface area contributed by atoms with E-state index in [1.807, 2.05) is 44.4 Å². The van der Waals surface area contributed by atoms with Gasteiger partial charge in [0.15, 0.2) is 0 Å². The van der Waals surface area contributed by atoms with E-state index in [-0.39, 0.29) is 5.91 Å². The number of rotatable bonds is 4. The summed E-state index contributed by atoms with van der Waals surface area (Å²) in [7, 11) is 3.72. The van der Waals surface area contributed by atoms with Gasteiger partial charge >= 0.3 is 0 Å². The van der Waals surface area contributed by atoms with Crippen LogP contribution in [-0.4, -0.2) is 36.4 Å². The highest BCUT2D eigenvalue weighted by molar-refractivity contribution is 5.99. The quantitative estimate of drug-likeness (QED) is 0.928. The van der Waals surface area contributed by atoms with Crippen LogP contribution in [0.5, 0.6) is 0 Å². The second-order valence-corrected chi connectivity index (χ2v) is 5.45. The maximum Gasteiger partial charge on any atom is 0.272 e. The van der Waals surface area contributed by atoms with Gasteiger partial charge in [-0.3, -0.25) is 4.79 Å². The van der Waals surface area contributed by atoms with E-state index >= 15 is 0 Å². The summed E-state index contributed by atoms with van der Waals surface area (Å²) in [5, 5.41) is 4.18. The van der Waals surface area contributed by atoms with Crippen molar-refractivity contribution in [2.75, 3.05) is 26.0 Å². The summed E-state index contributed by atoms with van der Waals surface area (Å²) in [4.78, 5) is 18.7. The van der Waals surface area contributed by atoms with E-state index in [9.17, 15) is 4.79 Å². The number of para-hydroxylation sites is 1. The monoisotopic (exact) mass is 269 g/mol. The van der Waals surface area contributed by atoms with Crippen LogP contribution in [0.3, 0.4) is 0 Å². The van der Waals surface area contributed by atoms with E-state index in [0.717, 1.165) is 23.1 Å². The Morgan fingerprint density at radius 1 is 1.40 bits per heavy atom. The first kappa shape index (κ1) is 12.9. The minimum atomic E-state index is -0.000784. The predicted octanol–water partition coefficient (Wildman–Crippen LogP) is 2.76. The largest absolute Gasteiger partial charge is 0.388 e. The van der Waals surface area contributed by atoms with Crippen LogP contribution < -0.4 is 5.32 Å². The Kier molecular flexibility index (Phi) is 3.30. The van der Waals surface area contributed by atoms with Crippen molar-refractivity contribution in [1.29, 1.82) is 0 Å². The number of nitrogens with one attached hydrogen (secondary N) is 1. The van der Waals surface area contributed by atoms with E-state index in [2.05, 4.69) is 10.3 Å². The molecule has 1 aromatic carbocycles. The maximum absolute atomic E-state index is 12.5. The first-order valence-electron chi connectivity index (χ1n) is 7.02. The van der Waals surface area contributed by atoms with Crippen molar-refractivity contribution in [3.63, 3.8) is 0 Å². The van der Waals surface area contributed by atoms with E-state index < -0.39 is 0 Å². The molecule has 0 aliphatic heterocycles. The van der Waals surface area contributed by atoms with Crippen LogP contribution in [0.15, 0.2) is 30.3 Å². The fourth-order valence-electron chi connectivity index (χ4n) is 2.46. The summed E-state index contributed by atoms with van der Waals surface area (Å²) in [5.74, 6) is 0.687. The molecule has 0 spiro atoms. The van der Waals surface area contributed by atoms with E-state index in [1.165, 1.54) is 12.8 Å².